The molecule has 0 N–H and O–H groups in total. The summed E-state index contributed by atoms with van der Waals surface area (Å²) in [6.45, 7) is 5.83. The van der Waals surface area contributed by atoms with E-state index in [9.17, 15) is 0 Å². The Morgan fingerprint density at radius 2 is 1.90 bits per heavy atom. The lowest BCUT2D eigenvalue weighted by Gasteiger charge is -2.11. The van der Waals surface area contributed by atoms with Crippen molar-refractivity contribution in [3.8, 4) is 0 Å². The minimum Gasteiger partial charge on any atom is -0.309 e. The van der Waals surface area contributed by atoms with E-state index in [4.69, 9.17) is 0 Å². The largest absolute Gasteiger partial charge is 0.309 e. The third kappa shape index (κ3) is 6.09. The van der Waals surface area contributed by atoms with Crippen LogP contribution in [0.1, 0.15) is 33.1 Å². The van der Waals surface area contributed by atoms with Gasteiger partial charge in [-0.2, -0.15) is 0 Å². The van der Waals surface area contributed by atoms with E-state index >= 15 is 0 Å². The molecule has 62 valence electrons. The molecule has 1 unspecified atom stereocenters. The first-order valence-electron chi connectivity index (χ1n) is 4.31. The van der Waals surface area contributed by atoms with Gasteiger partial charge in [-0.1, -0.05) is 20.3 Å². The molecule has 0 bridgehead atoms. The highest BCUT2D eigenvalue weighted by atomic mass is 15.0. The van der Waals surface area contributed by atoms with Gasteiger partial charge in [0.1, 0.15) is 0 Å². The van der Waals surface area contributed by atoms with Crippen LogP contribution >= 0.6 is 0 Å². The predicted molar refractivity (Wildman–Crippen MR) is 47.2 cm³/mol. The van der Waals surface area contributed by atoms with Gasteiger partial charge in [0.05, 0.1) is 0 Å². The van der Waals surface area contributed by atoms with Crippen molar-refractivity contribution in [3.63, 3.8) is 0 Å². The summed E-state index contributed by atoms with van der Waals surface area (Å²) in [7, 11) is 4.27. The van der Waals surface area contributed by atoms with Gasteiger partial charge in [0.25, 0.3) is 0 Å². The van der Waals surface area contributed by atoms with Crippen molar-refractivity contribution in [2.75, 3.05) is 20.6 Å². The molecule has 0 spiro atoms. The minimum atomic E-state index is 0.917. The fraction of sp³-hybridized carbons (Fsp3) is 1.00. The summed E-state index contributed by atoms with van der Waals surface area (Å²) in [5, 5.41) is 0. The Hall–Kier alpha value is -0.0400. The van der Waals surface area contributed by atoms with Gasteiger partial charge >= 0.3 is 0 Å². The van der Waals surface area contributed by atoms with Crippen LogP contribution in [-0.2, 0) is 0 Å². The maximum absolute atomic E-state index is 2.33. The molecule has 0 aromatic carbocycles. The topological polar surface area (TPSA) is 3.24 Å². The van der Waals surface area contributed by atoms with E-state index in [-0.39, 0.29) is 0 Å². The Balaban J connectivity index is 3.03. The van der Waals surface area contributed by atoms with Crippen molar-refractivity contribution in [2.24, 2.45) is 5.92 Å². The number of hydrogen-bond acceptors (Lipinski definition) is 1. The van der Waals surface area contributed by atoms with Gasteiger partial charge < -0.3 is 4.90 Å². The molecule has 0 fully saturated rings. The molecule has 0 aromatic heterocycles. The molecule has 0 aliphatic carbocycles. The van der Waals surface area contributed by atoms with Crippen molar-refractivity contribution in [3.05, 3.63) is 0 Å². The Morgan fingerprint density at radius 1 is 1.30 bits per heavy atom. The molecular weight excluding hydrogens is 122 g/mol. The van der Waals surface area contributed by atoms with Crippen molar-refractivity contribution < 1.29 is 0 Å². The van der Waals surface area contributed by atoms with Crippen LogP contribution in [0.5, 0.6) is 0 Å². The summed E-state index contributed by atoms with van der Waals surface area (Å²) < 4.78 is 0. The maximum atomic E-state index is 2.33. The SMILES string of the molecule is CCC(C)CCCN(C)C. The number of nitrogens with zero attached hydrogens (tertiary/aromatic N) is 1. The Bertz CT molecular complexity index is 69.1. The predicted octanol–water partition coefficient (Wildman–Crippen LogP) is 2.37. The zero-order valence-electron chi connectivity index (χ0n) is 7.85. The molecule has 0 heterocycles. The van der Waals surface area contributed by atoms with Crippen molar-refractivity contribution in [1.82, 2.24) is 4.90 Å². The zero-order chi connectivity index (χ0) is 7.98. The molecular formula is C9H21N. The summed E-state index contributed by atoms with van der Waals surface area (Å²) in [6, 6.07) is 0. The first kappa shape index (κ1) is 9.96. The zero-order valence-corrected chi connectivity index (χ0v) is 7.85. The second kappa shape index (κ2) is 5.72. The van der Waals surface area contributed by atoms with Crippen LogP contribution in [0.3, 0.4) is 0 Å². The third-order valence-corrected chi connectivity index (χ3v) is 2.00. The van der Waals surface area contributed by atoms with Gasteiger partial charge in [-0.15, -0.1) is 0 Å². The van der Waals surface area contributed by atoms with E-state index in [1.165, 1.54) is 25.8 Å². The highest BCUT2D eigenvalue weighted by Gasteiger charge is 1.97. The van der Waals surface area contributed by atoms with Crippen LogP contribution in [0.25, 0.3) is 0 Å². The first-order chi connectivity index (χ1) is 4.66. The number of rotatable bonds is 5. The molecule has 0 rings (SSSR count). The second-order valence-corrected chi connectivity index (χ2v) is 3.46. The average Bonchev–Trinajstić information content (AvgIpc) is 1.87. The fourth-order valence-corrected chi connectivity index (χ4v) is 0.960. The highest BCUT2D eigenvalue weighted by Crippen LogP contribution is 2.08. The van der Waals surface area contributed by atoms with E-state index in [2.05, 4.69) is 32.8 Å². The highest BCUT2D eigenvalue weighted by molar-refractivity contribution is 4.51. The van der Waals surface area contributed by atoms with Crippen LogP contribution in [0, 0.1) is 5.92 Å². The lowest BCUT2D eigenvalue weighted by molar-refractivity contribution is 0.370. The van der Waals surface area contributed by atoms with Crippen LogP contribution in [-0.4, -0.2) is 25.5 Å². The second-order valence-electron chi connectivity index (χ2n) is 3.46. The van der Waals surface area contributed by atoms with Crippen LogP contribution in [0.4, 0.5) is 0 Å². The average molecular weight is 143 g/mol. The maximum Gasteiger partial charge on any atom is -0.00247 e. The summed E-state index contributed by atoms with van der Waals surface area (Å²) >= 11 is 0. The molecule has 0 radical (unpaired) electrons. The monoisotopic (exact) mass is 143 g/mol. The Kier molecular flexibility index (Phi) is 5.70. The summed E-state index contributed by atoms with van der Waals surface area (Å²) in [6.07, 6.45) is 4.06. The van der Waals surface area contributed by atoms with Crippen LogP contribution in [0.15, 0.2) is 0 Å². The first-order valence-corrected chi connectivity index (χ1v) is 4.31. The molecule has 1 nitrogen and oxygen atoms in total. The van der Waals surface area contributed by atoms with E-state index in [0.717, 1.165) is 5.92 Å². The van der Waals surface area contributed by atoms with Gasteiger partial charge in [-0.05, 0) is 39.4 Å². The number of hydrogen-bond donors (Lipinski definition) is 0. The third-order valence-electron chi connectivity index (χ3n) is 2.00. The van der Waals surface area contributed by atoms with E-state index in [1.54, 1.807) is 0 Å². The van der Waals surface area contributed by atoms with Gasteiger partial charge in [0.15, 0.2) is 0 Å². The van der Waals surface area contributed by atoms with Crippen molar-refractivity contribution in [2.45, 2.75) is 33.1 Å². The molecule has 10 heavy (non-hydrogen) atoms. The van der Waals surface area contributed by atoms with Gasteiger partial charge in [0.2, 0.25) is 0 Å². The fourth-order valence-electron chi connectivity index (χ4n) is 0.960. The minimum absolute atomic E-state index is 0.917. The standard InChI is InChI=1S/C9H21N/c1-5-9(2)7-6-8-10(3)4/h9H,5-8H2,1-4H3. The van der Waals surface area contributed by atoms with Crippen LogP contribution in [0.2, 0.25) is 0 Å². The summed E-state index contributed by atoms with van der Waals surface area (Å²) in [4.78, 5) is 2.25. The summed E-state index contributed by atoms with van der Waals surface area (Å²) in [5.41, 5.74) is 0. The molecule has 1 heteroatoms. The Morgan fingerprint density at radius 3 is 2.30 bits per heavy atom. The molecule has 0 saturated carbocycles. The Labute approximate surface area is 65.4 Å². The smallest absolute Gasteiger partial charge is 0.00247 e. The lowest BCUT2D eigenvalue weighted by Crippen LogP contribution is -2.13. The van der Waals surface area contributed by atoms with Crippen molar-refractivity contribution in [1.29, 1.82) is 0 Å². The molecule has 0 saturated heterocycles. The normalized spacial score (nSPS) is 14.1. The summed E-state index contributed by atoms with van der Waals surface area (Å²) in [5.74, 6) is 0.917. The quantitative estimate of drug-likeness (QED) is 0.571. The molecule has 1 atom stereocenters. The van der Waals surface area contributed by atoms with E-state index in [0.29, 0.717) is 0 Å². The molecule has 0 aliphatic rings. The van der Waals surface area contributed by atoms with Gasteiger partial charge in [0, 0.05) is 0 Å². The van der Waals surface area contributed by atoms with Gasteiger partial charge in [-0.3, -0.25) is 0 Å². The molecule has 0 amide bonds. The molecule has 0 aliphatic heterocycles. The van der Waals surface area contributed by atoms with E-state index in [1.807, 2.05) is 0 Å². The van der Waals surface area contributed by atoms with Crippen LogP contribution < -0.4 is 0 Å². The van der Waals surface area contributed by atoms with E-state index < -0.39 is 0 Å². The lowest BCUT2D eigenvalue weighted by atomic mass is 10.0. The van der Waals surface area contributed by atoms with Gasteiger partial charge in [-0.25, -0.2) is 0 Å². The molecule has 0 aromatic rings. The van der Waals surface area contributed by atoms with Crippen molar-refractivity contribution >= 4 is 0 Å².